The van der Waals surface area contributed by atoms with Crippen molar-refractivity contribution in [1.29, 1.82) is 0 Å². The molecule has 8 aromatic carbocycles. The van der Waals surface area contributed by atoms with Gasteiger partial charge >= 0.3 is 0 Å². The van der Waals surface area contributed by atoms with Crippen LogP contribution in [0.1, 0.15) is 22.9 Å². The third kappa shape index (κ3) is 6.30. The molecule has 1 N–H and O–H groups in total. The molecule has 1 aliphatic heterocycles. The molecule has 4 heteroatoms. The molecule has 4 nitrogen and oxygen atoms in total. The zero-order chi connectivity index (χ0) is 36.6. The molecule has 1 aliphatic rings. The number of nitrogens with one attached hydrogen (secondary N) is 1. The number of furan rings is 1. The monoisotopic (exact) mass is 705 g/mol. The summed E-state index contributed by atoms with van der Waals surface area (Å²) in [5.74, 6) is 1.53. The Labute approximate surface area is 319 Å². The molecule has 10 rings (SSSR count). The van der Waals surface area contributed by atoms with Crippen molar-refractivity contribution < 1.29 is 4.42 Å². The van der Waals surface area contributed by atoms with Crippen molar-refractivity contribution in [2.24, 2.45) is 9.98 Å². The van der Waals surface area contributed by atoms with E-state index in [1.54, 1.807) is 0 Å². The van der Waals surface area contributed by atoms with Gasteiger partial charge in [0, 0.05) is 27.5 Å². The zero-order valence-corrected chi connectivity index (χ0v) is 29.9. The summed E-state index contributed by atoms with van der Waals surface area (Å²) in [7, 11) is 0. The summed E-state index contributed by atoms with van der Waals surface area (Å²) >= 11 is 0. The minimum atomic E-state index is -0.541. The molecule has 0 bridgehead atoms. The van der Waals surface area contributed by atoms with Crippen molar-refractivity contribution in [3.63, 3.8) is 0 Å². The van der Waals surface area contributed by atoms with Gasteiger partial charge in [-0.3, -0.25) is 0 Å². The lowest BCUT2D eigenvalue weighted by Crippen LogP contribution is -2.36. The van der Waals surface area contributed by atoms with Crippen LogP contribution in [0, 0.1) is 0 Å². The number of hydrogen-bond acceptors (Lipinski definition) is 4. The average molecular weight is 706 g/mol. The van der Waals surface area contributed by atoms with Gasteiger partial charge in [-0.1, -0.05) is 182 Å². The van der Waals surface area contributed by atoms with Gasteiger partial charge in [0.25, 0.3) is 0 Å². The highest BCUT2D eigenvalue weighted by Crippen LogP contribution is 2.40. The van der Waals surface area contributed by atoms with E-state index < -0.39 is 6.17 Å². The zero-order valence-electron chi connectivity index (χ0n) is 29.9. The highest BCUT2D eigenvalue weighted by atomic mass is 16.3. The second kappa shape index (κ2) is 13.9. The van der Waals surface area contributed by atoms with Crippen molar-refractivity contribution in [2.45, 2.75) is 6.17 Å². The predicted octanol–water partition coefficient (Wildman–Crippen LogP) is 12.7. The fourth-order valence-corrected chi connectivity index (χ4v) is 7.53. The van der Waals surface area contributed by atoms with Crippen molar-refractivity contribution in [2.75, 3.05) is 0 Å². The molecule has 0 spiro atoms. The molecule has 0 atom stereocenters. The topological polar surface area (TPSA) is 49.9 Å². The summed E-state index contributed by atoms with van der Waals surface area (Å²) in [6.45, 7) is 0. The van der Waals surface area contributed by atoms with Crippen LogP contribution >= 0.6 is 0 Å². The molecule has 1 aromatic heterocycles. The van der Waals surface area contributed by atoms with E-state index in [9.17, 15) is 0 Å². The van der Waals surface area contributed by atoms with Crippen LogP contribution in [-0.4, -0.2) is 11.7 Å². The number of nitrogens with zero attached hydrogens (tertiary/aromatic N) is 2. The number of hydrogen-bond donors (Lipinski definition) is 1. The van der Waals surface area contributed by atoms with E-state index in [4.69, 9.17) is 14.4 Å². The van der Waals surface area contributed by atoms with Crippen LogP contribution in [0.4, 0.5) is 0 Å². The van der Waals surface area contributed by atoms with Crippen LogP contribution < -0.4 is 5.32 Å². The third-order valence-corrected chi connectivity index (χ3v) is 10.4. The van der Waals surface area contributed by atoms with E-state index in [1.165, 1.54) is 22.3 Å². The van der Waals surface area contributed by atoms with E-state index in [-0.39, 0.29) is 0 Å². The van der Waals surface area contributed by atoms with E-state index in [2.05, 4.69) is 175 Å². The lowest BCUT2D eigenvalue weighted by Gasteiger charge is -2.23. The van der Waals surface area contributed by atoms with E-state index in [1.807, 2.05) is 30.3 Å². The predicted molar refractivity (Wildman–Crippen MR) is 227 cm³/mol. The highest BCUT2D eigenvalue weighted by molar-refractivity contribution is 6.16. The average Bonchev–Trinajstić information content (AvgIpc) is 3.66. The van der Waals surface area contributed by atoms with Crippen LogP contribution in [0.25, 0.3) is 66.4 Å². The van der Waals surface area contributed by atoms with Gasteiger partial charge in [-0.15, -0.1) is 0 Å². The van der Waals surface area contributed by atoms with Crippen molar-refractivity contribution in [1.82, 2.24) is 5.32 Å². The van der Waals surface area contributed by atoms with Gasteiger partial charge in [0.1, 0.15) is 22.8 Å². The quantitative estimate of drug-likeness (QED) is 0.179. The van der Waals surface area contributed by atoms with Gasteiger partial charge in [-0.2, -0.15) is 0 Å². The number of amidine groups is 2. The second-order valence-corrected chi connectivity index (χ2v) is 13.8. The first-order valence-corrected chi connectivity index (χ1v) is 18.6. The molecule has 0 fully saturated rings. The molecule has 0 saturated heterocycles. The summed E-state index contributed by atoms with van der Waals surface area (Å²) in [6, 6.07) is 69.9. The smallest absolute Gasteiger partial charge is 0.170 e. The van der Waals surface area contributed by atoms with E-state index >= 15 is 0 Å². The first kappa shape index (κ1) is 32.4. The third-order valence-electron chi connectivity index (χ3n) is 10.4. The molecule has 0 unspecified atom stereocenters. The summed E-state index contributed by atoms with van der Waals surface area (Å²) in [6.07, 6.45) is -0.541. The van der Waals surface area contributed by atoms with Crippen molar-refractivity contribution in [3.8, 4) is 44.5 Å². The molecule has 0 aliphatic carbocycles. The van der Waals surface area contributed by atoms with Gasteiger partial charge in [0.05, 0.1) is 0 Å². The van der Waals surface area contributed by atoms with Gasteiger partial charge in [-0.25, -0.2) is 9.98 Å². The van der Waals surface area contributed by atoms with Crippen molar-refractivity contribution >= 4 is 33.6 Å². The lowest BCUT2D eigenvalue weighted by atomic mass is 9.95. The Morgan fingerprint density at radius 1 is 0.345 bits per heavy atom. The van der Waals surface area contributed by atoms with E-state index in [0.29, 0.717) is 0 Å². The van der Waals surface area contributed by atoms with Crippen LogP contribution in [0.3, 0.4) is 0 Å². The number of para-hydroxylation sites is 1. The summed E-state index contributed by atoms with van der Waals surface area (Å²) in [5, 5.41) is 5.70. The Kier molecular flexibility index (Phi) is 8.19. The van der Waals surface area contributed by atoms with Gasteiger partial charge in [0.2, 0.25) is 0 Å². The minimum absolute atomic E-state index is 0.541. The van der Waals surface area contributed by atoms with Crippen LogP contribution in [-0.2, 0) is 0 Å². The molecule has 55 heavy (non-hydrogen) atoms. The Bertz CT molecular complexity index is 2740. The second-order valence-electron chi connectivity index (χ2n) is 13.8. The number of benzene rings is 8. The van der Waals surface area contributed by atoms with Gasteiger partial charge in [0.15, 0.2) is 6.17 Å². The maximum atomic E-state index is 6.56. The normalized spacial score (nSPS) is 13.0. The summed E-state index contributed by atoms with van der Waals surface area (Å²) in [4.78, 5) is 10.7. The highest BCUT2D eigenvalue weighted by Gasteiger charge is 2.25. The molecule has 2 heterocycles. The number of aliphatic imine (C=N–C) groups is 2. The number of fused-ring (bicyclic) bond motifs is 3. The Morgan fingerprint density at radius 2 is 0.727 bits per heavy atom. The van der Waals surface area contributed by atoms with Crippen molar-refractivity contribution in [3.05, 3.63) is 217 Å². The molecule has 9 aromatic rings. The SMILES string of the molecule is c1ccc(-c2ccc(C3=NC(c4cc(-c5ccc(-c6ccccc6)cc5)cc5oc6ccccc6c45)N=C(c4ccc(-c5ccccc5)cc4)N3)cc2)cc1. The van der Waals surface area contributed by atoms with Gasteiger partial charge in [-0.05, 0) is 62.7 Å². The summed E-state index contributed by atoms with van der Waals surface area (Å²) in [5.41, 5.74) is 13.8. The van der Waals surface area contributed by atoms with E-state index in [0.717, 1.165) is 72.6 Å². The first-order chi connectivity index (χ1) is 27.2. The molecule has 0 saturated carbocycles. The molecule has 0 amide bonds. The van der Waals surface area contributed by atoms with Gasteiger partial charge < -0.3 is 9.73 Å². The minimum Gasteiger partial charge on any atom is -0.456 e. The maximum Gasteiger partial charge on any atom is 0.170 e. The molecule has 260 valence electrons. The number of rotatable bonds is 7. The summed E-state index contributed by atoms with van der Waals surface area (Å²) < 4.78 is 6.56. The molecular formula is C51H35N3O. The fraction of sp³-hybridized carbons (Fsp3) is 0.0196. The molecular weight excluding hydrogens is 671 g/mol. The standard InChI is InChI=1S/C51H35N3O/c1-4-12-34(13-5-1)37-20-22-40(23-21-37)43-32-45(48-44-18-10-11-19-46(44)55-47(48)33-43)51-53-49(41-28-24-38(25-29-41)35-14-6-2-7-15-35)52-50(54-51)42-30-26-39(27-31-42)36-16-8-3-9-17-36/h1-33,51H,(H,52,53,54). The fourth-order valence-electron chi connectivity index (χ4n) is 7.53. The van der Waals surface area contributed by atoms with Crippen LogP contribution in [0.5, 0.6) is 0 Å². The maximum absolute atomic E-state index is 6.56. The Hall–Kier alpha value is -7.30. The largest absolute Gasteiger partial charge is 0.456 e. The van der Waals surface area contributed by atoms with Crippen LogP contribution in [0.15, 0.2) is 215 Å². The Morgan fingerprint density at radius 3 is 1.20 bits per heavy atom. The first-order valence-electron chi connectivity index (χ1n) is 18.6. The van der Waals surface area contributed by atoms with Crippen LogP contribution in [0.2, 0.25) is 0 Å². The molecule has 0 radical (unpaired) electrons. The Balaban J connectivity index is 1.12. The lowest BCUT2D eigenvalue weighted by molar-refractivity contribution is 0.668.